The number of amides is 3. The van der Waals surface area contributed by atoms with Crippen molar-refractivity contribution in [3.05, 3.63) is 35.4 Å². The van der Waals surface area contributed by atoms with Crippen molar-refractivity contribution in [2.75, 3.05) is 19.8 Å². The van der Waals surface area contributed by atoms with Crippen LogP contribution in [0.25, 0.3) is 0 Å². The average Bonchev–Trinajstić information content (AvgIpc) is 2.94. The van der Waals surface area contributed by atoms with Crippen LogP contribution in [0.1, 0.15) is 63.5 Å². The molecule has 2 heterocycles. The number of carbonyl (C=O) groups is 2. The molecule has 3 amide bonds. The normalized spacial score (nSPS) is 33.8. The van der Waals surface area contributed by atoms with Crippen LogP contribution in [0.2, 0.25) is 0 Å². The van der Waals surface area contributed by atoms with Gasteiger partial charge < -0.3 is 5.32 Å². The highest BCUT2D eigenvalue weighted by Crippen LogP contribution is 2.46. The minimum Gasteiger partial charge on any atom is -0.319 e. The molecule has 29 heavy (non-hydrogen) atoms. The third-order valence-corrected chi connectivity index (χ3v) is 7.22. The fraction of sp³-hybridized carbons (Fsp3) is 0.667. The Hall–Kier alpha value is -1.88. The summed E-state index contributed by atoms with van der Waals surface area (Å²) in [7, 11) is 0. The van der Waals surface area contributed by atoms with Gasteiger partial charge in [0.25, 0.3) is 5.91 Å². The minimum absolute atomic E-state index is 0.0526. The summed E-state index contributed by atoms with van der Waals surface area (Å²) in [5.74, 6) is 1.20. The summed E-state index contributed by atoms with van der Waals surface area (Å²) in [4.78, 5) is 30.7. The van der Waals surface area contributed by atoms with Crippen LogP contribution >= 0.6 is 0 Å². The first-order valence-electron chi connectivity index (χ1n) is 11.3. The van der Waals surface area contributed by atoms with E-state index in [9.17, 15) is 9.59 Å². The summed E-state index contributed by atoms with van der Waals surface area (Å²) in [5, 5.41) is 3.21. The van der Waals surface area contributed by atoms with Gasteiger partial charge in [-0.3, -0.25) is 9.69 Å². The highest BCUT2D eigenvalue weighted by molar-refractivity contribution is 6.07. The van der Waals surface area contributed by atoms with E-state index in [1.54, 1.807) is 0 Å². The van der Waals surface area contributed by atoms with Gasteiger partial charge in [0.1, 0.15) is 5.54 Å². The Bertz CT molecular complexity index is 746. The van der Waals surface area contributed by atoms with E-state index in [2.05, 4.69) is 43.1 Å². The van der Waals surface area contributed by atoms with Gasteiger partial charge in [-0.25, -0.2) is 9.69 Å². The number of benzene rings is 1. The second kappa shape index (κ2) is 8.10. The van der Waals surface area contributed by atoms with Crippen molar-refractivity contribution < 1.29 is 9.59 Å². The number of rotatable bonds is 4. The molecule has 2 aliphatic heterocycles. The maximum absolute atomic E-state index is 13.9. The molecule has 3 unspecified atom stereocenters. The molecule has 5 nitrogen and oxygen atoms in total. The van der Waals surface area contributed by atoms with Crippen LogP contribution in [-0.4, -0.2) is 41.5 Å². The Morgan fingerprint density at radius 2 is 1.59 bits per heavy atom. The van der Waals surface area contributed by atoms with Gasteiger partial charge in [-0.15, -0.1) is 0 Å². The molecular formula is C24H35N3O2. The number of piperidine rings is 1. The number of nitrogens with zero attached hydrogens (tertiary/aromatic N) is 2. The quantitative estimate of drug-likeness (QED) is 0.773. The third kappa shape index (κ3) is 3.81. The number of nitrogens with one attached hydrogen (secondary N) is 1. The van der Waals surface area contributed by atoms with Crippen molar-refractivity contribution >= 4 is 11.9 Å². The average molecular weight is 398 g/mol. The Balaban J connectivity index is 1.69. The van der Waals surface area contributed by atoms with Gasteiger partial charge in [0.15, 0.2) is 0 Å². The summed E-state index contributed by atoms with van der Waals surface area (Å²) in [5.41, 5.74) is 1.17. The number of carbonyl (C=O) groups excluding carboxylic acids is 2. The molecule has 0 spiro atoms. The maximum Gasteiger partial charge on any atom is 0.326 e. The predicted octanol–water partition coefficient (Wildman–Crippen LogP) is 4.26. The Labute approximate surface area is 174 Å². The second-order valence-corrected chi connectivity index (χ2v) is 9.77. The minimum atomic E-state index is -0.927. The van der Waals surface area contributed by atoms with E-state index < -0.39 is 5.54 Å². The van der Waals surface area contributed by atoms with Gasteiger partial charge in [0.2, 0.25) is 0 Å². The smallest absolute Gasteiger partial charge is 0.319 e. The molecule has 1 saturated carbocycles. The largest absolute Gasteiger partial charge is 0.326 e. The van der Waals surface area contributed by atoms with Gasteiger partial charge in [-0.05, 0) is 75.4 Å². The molecule has 158 valence electrons. The number of aryl methyl sites for hydroxylation is 1. The van der Waals surface area contributed by atoms with Gasteiger partial charge in [-0.1, -0.05) is 50.1 Å². The molecule has 1 aromatic rings. The maximum atomic E-state index is 13.9. The number of hydrogen-bond acceptors (Lipinski definition) is 3. The van der Waals surface area contributed by atoms with Crippen molar-refractivity contribution in [3.8, 4) is 0 Å². The summed E-state index contributed by atoms with van der Waals surface area (Å²) < 4.78 is 0. The summed E-state index contributed by atoms with van der Waals surface area (Å²) in [6.07, 6.45) is 6.67. The van der Waals surface area contributed by atoms with Gasteiger partial charge >= 0.3 is 6.03 Å². The molecule has 0 radical (unpaired) electrons. The molecule has 5 heteroatoms. The van der Waals surface area contributed by atoms with Crippen molar-refractivity contribution in [2.24, 2.45) is 17.8 Å². The van der Waals surface area contributed by atoms with Crippen molar-refractivity contribution in [1.29, 1.82) is 0 Å². The van der Waals surface area contributed by atoms with Crippen LogP contribution < -0.4 is 5.32 Å². The number of urea groups is 1. The van der Waals surface area contributed by atoms with Gasteiger partial charge in [0.05, 0.1) is 6.67 Å². The van der Waals surface area contributed by atoms with Crippen molar-refractivity contribution in [2.45, 2.75) is 64.8 Å². The van der Waals surface area contributed by atoms with Crippen molar-refractivity contribution in [1.82, 2.24) is 15.1 Å². The lowest BCUT2D eigenvalue weighted by Gasteiger charge is -2.42. The highest BCUT2D eigenvalue weighted by Gasteiger charge is 2.57. The number of likely N-dealkylation sites (tertiary alicyclic amines) is 1. The fourth-order valence-electron chi connectivity index (χ4n) is 5.85. The van der Waals surface area contributed by atoms with Crippen molar-refractivity contribution in [3.63, 3.8) is 0 Å². The van der Waals surface area contributed by atoms with E-state index in [-0.39, 0.29) is 17.9 Å². The van der Waals surface area contributed by atoms with Gasteiger partial charge in [0, 0.05) is 0 Å². The first kappa shape index (κ1) is 20.4. The Kier molecular flexibility index (Phi) is 5.69. The predicted molar refractivity (Wildman–Crippen MR) is 114 cm³/mol. The van der Waals surface area contributed by atoms with E-state index >= 15 is 0 Å². The fourth-order valence-corrected chi connectivity index (χ4v) is 5.85. The molecule has 3 fully saturated rings. The highest BCUT2D eigenvalue weighted by atomic mass is 16.2. The van der Waals surface area contributed by atoms with E-state index in [1.165, 1.54) is 17.7 Å². The topological polar surface area (TPSA) is 52.7 Å². The lowest BCUT2D eigenvalue weighted by molar-refractivity contribution is -0.136. The molecule has 2 saturated heterocycles. The van der Waals surface area contributed by atoms with Crippen LogP contribution in [0.15, 0.2) is 24.3 Å². The van der Waals surface area contributed by atoms with E-state index in [1.807, 2.05) is 12.1 Å². The molecule has 0 aromatic heterocycles. The number of hydrogen-bond donors (Lipinski definition) is 1. The molecule has 3 aliphatic rings. The van der Waals surface area contributed by atoms with E-state index in [0.717, 1.165) is 49.9 Å². The Morgan fingerprint density at radius 1 is 0.966 bits per heavy atom. The number of imide groups is 1. The lowest BCUT2D eigenvalue weighted by Crippen LogP contribution is -2.52. The molecule has 3 atom stereocenters. The lowest BCUT2D eigenvalue weighted by atomic mass is 9.65. The molecule has 1 aliphatic carbocycles. The zero-order valence-corrected chi connectivity index (χ0v) is 18.1. The van der Waals surface area contributed by atoms with E-state index in [4.69, 9.17) is 0 Å². The zero-order valence-electron chi connectivity index (χ0n) is 18.1. The molecule has 1 N–H and O–H groups in total. The van der Waals surface area contributed by atoms with Crippen LogP contribution in [-0.2, 0) is 10.3 Å². The van der Waals surface area contributed by atoms with Crippen LogP contribution in [0.4, 0.5) is 4.79 Å². The summed E-state index contributed by atoms with van der Waals surface area (Å²) in [6.45, 7) is 8.95. The summed E-state index contributed by atoms with van der Waals surface area (Å²) in [6, 6.07) is 7.97. The monoisotopic (exact) mass is 397 g/mol. The van der Waals surface area contributed by atoms with Crippen LogP contribution in [0, 0.1) is 24.7 Å². The third-order valence-electron chi connectivity index (χ3n) is 7.22. The second-order valence-electron chi connectivity index (χ2n) is 9.77. The standard InChI is InChI=1S/C24H35N3O2/c1-17-7-9-20(10-8-17)24(21-14-18(2)13-19(3)15-21)22(28)27(23(29)25-24)16-26-11-5-4-6-12-26/h7-10,18-19,21H,4-6,11-16H2,1-3H3,(H,25,29). The Morgan fingerprint density at radius 3 is 2.21 bits per heavy atom. The molecule has 0 bridgehead atoms. The first-order chi connectivity index (χ1) is 13.9. The van der Waals surface area contributed by atoms with E-state index in [0.29, 0.717) is 18.5 Å². The molecular weight excluding hydrogens is 362 g/mol. The summed E-state index contributed by atoms with van der Waals surface area (Å²) >= 11 is 0. The zero-order chi connectivity index (χ0) is 20.6. The van der Waals surface area contributed by atoms with Crippen LogP contribution in [0.3, 0.4) is 0 Å². The SMILES string of the molecule is Cc1ccc(C2(C3CC(C)CC(C)C3)NC(=O)N(CN3CCCCC3)C2=O)cc1. The molecule has 1 aromatic carbocycles. The first-order valence-corrected chi connectivity index (χ1v) is 11.3. The van der Waals surface area contributed by atoms with Gasteiger partial charge in [-0.2, -0.15) is 0 Å². The molecule has 4 rings (SSSR count). The van der Waals surface area contributed by atoms with Crippen LogP contribution in [0.5, 0.6) is 0 Å².